The average molecular weight is 309 g/mol. The fourth-order valence-electron chi connectivity index (χ4n) is 2.82. The van der Waals surface area contributed by atoms with Crippen LogP contribution in [0.1, 0.15) is 64.2 Å². The van der Waals surface area contributed by atoms with Crippen molar-refractivity contribution in [1.29, 1.82) is 5.41 Å². The molecule has 0 unspecified atom stereocenters. The highest BCUT2D eigenvalue weighted by atomic mass is 16.6. The van der Waals surface area contributed by atoms with E-state index < -0.39 is 0 Å². The SMILES string of the molecule is CN1CC(=O)OC2(CCCCCCCCC(=O)NC1=N)CC2. The van der Waals surface area contributed by atoms with Crippen LogP contribution in [-0.4, -0.2) is 41.9 Å². The number of carbonyl (C=O) groups excluding carboxylic acids is 2. The first-order chi connectivity index (χ1) is 10.5. The van der Waals surface area contributed by atoms with Crippen molar-refractivity contribution in [2.75, 3.05) is 13.6 Å². The molecule has 22 heavy (non-hydrogen) atoms. The zero-order valence-electron chi connectivity index (χ0n) is 13.5. The minimum atomic E-state index is -0.314. The second-order valence-corrected chi connectivity index (χ2v) is 6.53. The van der Waals surface area contributed by atoms with Gasteiger partial charge in [0.05, 0.1) is 0 Å². The van der Waals surface area contributed by atoms with E-state index in [1.165, 1.54) is 11.3 Å². The molecule has 1 aliphatic carbocycles. The van der Waals surface area contributed by atoms with Crippen LogP contribution in [0.2, 0.25) is 0 Å². The van der Waals surface area contributed by atoms with Gasteiger partial charge in [-0.15, -0.1) is 0 Å². The molecule has 1 saturated heterocycles. The number of hydrogen-bond acceptors (Lipinski definition) is 4. The first kappa shape index (κ1) is 16.8. The molecule has 124 valence electrons. The Morgan fingerprint density at radius 2 is 1.68 bits per heavy atom. The second-order valence-electron chi connectivity index (χ2n) is 6.53. The molecule has 1 saturated carbocycles. The minimum Gasteiger partial charge on any atom is -0.458 e. The molecular weight excluding hydrogens is 282 g/mol. The van der Waals surface area contributed by atoms with Crippen molar-refractivity contribution in [2.24, 2.45) is 0 Å². The molecule has 2 aliphatic rings. The molecule has 1 amide bonds. The highest BCUT2D eigenvalue weighted by Gasteiger charge is 2.46. The predicted octanol–water partition coefficient (Wildman–Crippen LogP) is 2.18. The van der Waals surface area contributed by atoms with E-state index in [1.54, 1.807) is 7.05 Å². The molecule has 0 atom stereocenters. The van der Waals surface area contributed by atoms with Crippen molar-refractivity contribution in [3.05, 3.63) is 0 Å². The topological polar surface area (TPSA) is 82.5 Å². The van der Waals surface area contributed by atoms with E-state index in [2.05, 4.69) is 5.32 Å². The third-order valence-corrected chi connectivity index (χ3v) is 4.43. The third-order valence-electron chi connectivity index (χ3n) is 4.43. The van der Waals surface area contributed by atoms with Crippen molar-refractivity contribution < 1.29 is 14.3 Å². The van der Waals surface area contributed by atoms with Gasteiger partial charge in [0.15, 0.2) is 5.96 Å². The van der Waals surface area contributed by atoms with Crippen molar-refractivity contribution >= 4 is 17.8 Å². The molecule has 0 aromatic rings. The number of likely N-dealkylation sites (N-methyl/N-ethyl adjacent to an activating group) is 1. The summed E-state index contributed by atoms with van der Waals surface area (Å²) in [5.41, 5.74) is -0.236. The molecular formula is C16H27N3O3. The lowest BCUT2D eigenvalue weighted by Gasteiger charge is -2.22. The fraction of sp³-hybridized carbons (Fsp3) is 0.812. The maximum Gasteiger partial charge on any atom is 0.326 e. The number of amides is 1. The number of nitrogens with one attached hydrogen (secondary N) is 2. The summed E-state index contributed by atoms with van der Waals surface area (Å²) in [6, 6.07) is 0. The Balaban J connectivity index is 1.90. The lowest BCUT2D eigenvalue weighted by molar-refractivity contribution is -0.152. The molecule has 1 spiro atoms. The van der Waals surface area contributed by atoms with Gasteiger partial charge in [-0.25, -0.2) is 0 Å². The Labute approximate surface area is 132 Å². The summed E-state index contributed by atoms with van der Waals surface area (Å²) in [6.45, 7) is 0.000856. The van der Waals surface area contributed by atoms with Crippen LogP contribution < -0.4 is 5.32 Å². The molecule has 6 nitrogen and oxygen atoms in total. The maximum atomic E-state index is 12.0. The molecule has 0 radical (unpaired) electrons. The Hall–Kier alpha value is -1.59. The number of guanidine groups is 1. The van der Waals surface area contributed by atoms with E-state index >= 15 is 0 Å². The summed E-state index contributed by atoms with van der Waals surface area (Å²) in [5.74, 6) is -0.513. The van der Waals surface area contributed by atoms with Crippen molar-refractivity contribution in [1.82, 2.24) is 10.2 Å². The number of hydrogen-bond donors (Lipinski definition) is 2. The zero-order chi connectivity index (χ0) is 16.0. The largest absolute Gasteiger partial charge is 0.458 e. The van der Waals surface area contributed by atoms with Gasteiger partial charge in [-0.2, -0.15) is 0 Å². The first-order valence-corrected chi connectivity index (χ1v) is 8.32. The quantitative estimate of drug-likeness (QED) is 0.672. The van der Waals surface area contributed by atoms with Crippen LogP contribution in [0, 0.1) is 5.41 Å². The Kier molecular flexibility index (Phi) is 5.80. The highest BCUT2D eigenvalue weighted by Crippen LogP contribution is 2.44. The van der Waals surface area contributed by atoms with Crippen LogP contribution in [0.4, 0.5) is 0 Å². The van der Waals surface area contributed by atoms with Crippen LogP contribution in [0.25, 0.3) is 0 Å². The van der Waals surface area contributed by atoms with E-state index in [9.17, 15) is 9.59 Å². The van der Waals surface area contributed by atoms with Crippen LogP contribution >= 0.6 is 0 Å². The third kappa shape index (κ3) is 5.31. The van der Waals surface area contributed by atoms with E-state index in [1.807, 2.05) is 0 Å². The normalized spacial score (nSPS) is 24.8. The van der Waals surface area contributed by atoms with Crippen molar-refractivity contribution in [2.45, 2.75) is 69.8 Å². The van der Waals surface area contributed by atoms with Gasteiger partial charge < -0.3 is 9.64 Å². The van der Waals surface area contributed by atoms with E-state index in [4.69, 9.17) is 10.1 Å². The molecule has 6 heteroatoms. The number of ether oxygens (including phenoxy) is 1. The molecule has 0 aromatic heterocycles. The van der Waals surface area contributed by atoms with E-state index in [-0.39, 0.29) is 30.0 Å². The Bertz CT molecular complexity index is 432. The number of rotatable bonds is 0. The molecule has 0 bridgehead atoms. The molecule has 1 heterocycles. The predicted molar refractivity (Wildman–Crippen MR) is 83.5 cm³/mol. The summed E-state index contributed by atoms with van der Waals surface area (Å²) in [4.78, 5) is 25.1. The number of carbonyl (C=O) groups is 2. The van der Waals surface area contributed by atoms with Gasteiger partial charge in [0, 0.05) is 13.5 Å². The summed E-state index contributed by atoms with van der Waals surface area (Å²) < 4.78 is 5.61. The molecule has 0 aromatic carbocycles. The first-order valence-electron chi connectivity index (χ1n) is 8.32. The molecule has 2 N–H and O–H groups in total. The Morgan fingerprint density at radius 1 is 1.05 bits per heavy atom. The number of nitrogens with zero attached hydrogens (tertiary/aromatic N) is 1. The average Bonchev–Trinajstić information content (AvgIpc) is 3.20. The summed E-state index contributed by atoms with van der Waals surface area (Å²) >= 11 is 0. The van der Waals surface area contributed by atoms with Gasteiger partial charge >= 0.3 is 5.97 Å². The van der Waals surface area contributed by atoms with E-state index in [0.29, 0.717) is 6.42 Å². The lowest BCUT2D eigenvalue weighted by atomic mass is 10.1. The standard InChI is InChI=1S/C16H27N3O3/c1-19-12-14(21)22-16(10-11-16)9-7-5-3-2-4-6-8-13(20)18-15(19)17/h2-12H2,1H3,(H2,17,18,20). The van der Waals surface area contributed by atoms with Crippen LogP contribution in [0.15, 0.2) is 0 Å². The second kappa shape index (κ2) is 7.61. The number of esters is 1. The van der Waals surface area contributed by atoms with Gasteiger partial charge in [-0.05, 0) is 32.1 Å². The van der Waals surface area contributed by atoms with E-state index in [0.717, 1.165) is 51.4 Å². The maximum absolute atomic E-state index is 12.0. The summed E-state index contributed by atoms with van der Waals surface area (Å²) in [6.07, 6.45) is 9.77. The molecule has 2 rings (SSSR count). The highest BCUT2D eigenvalue weighted by molar-refractivity contribution is 5.96. The monoisotopic (exact) mass is 309 g/mol. The van der Waals surface area contributed by atoms with Gasteiger partial charge in [-0.1, -0.05) is 25.7 Å². The van der Waals surface area contributed by atoms with Crippen LogP contribution in [0.3, 0.4) is 0 Å². The molecule has 1 aliphatic heterocycles. The van der Waals surface area contributed by atoms with Crippen LogP contribution in [0.5, 0.6) is 0 Å². The molecule has 2 fully saturated rings. The minimum absolute atomic E-state index is 0.000856. The van der Waals surface area contributed by atoms with Gasteiger partial charge in [-0.3, -0.25) is 20.3 Å². The fourth-order valence-corrected chi connectivity index (χ4v) is 2.82. The summed E-state index contributed by atoms with van der Waals surface area (Å²) in [7, 11) is 1.62. The van der Waals surface area contributed by atoms with Gasteiger partial charge in [0.2, 0.25) is 5.91 Å². The van der Waals surface area contributed by atoms with Gasteiger partial charge in [0.25, 0.3) is 0 Å². The van der Waals surface area contributed by atoms with Crippen molar-refractivity contribution in [3.63, 3.8) is 0 Å². The van der Waals surface area contributed by atoms with Gasteiger partial charge in [0.1, 0.15) is 12.1 Å². The Morgan fingerprint density at radius 3 is 2.36 bits per heavy atom. The lowest BCUT2D eigenvalue weighted by Crippen LogP contribution is -2.44. The summed E-state index contributed by atoms with van der Waals surface area (Å²) in [5, 5.41) is 10.4. The smallest absolute Gasteiger partial charge is 0.326 e. The van der Waals surface area contributed by atoms with Crippen LogP contribution in [-0.2, 0) is 14.3 Å². The van der Waals surface area contributed by atoms with Crippen molar-refractivity contribution in [3.8, 4) is 0 Å². The zero-order valence-corrected chi connectivity index (χ0v) is 13.5.